The Bertz CT molecular complexity index is 412. The van der Waals surface area contributed by atoms with Crippen molar-refractivity contribution in [2.45, 2.75) is 0 Å². The average Bonchev–Trinajstić information content (AvgIpc) is 2.62. The van der Waals surface area contributed by atoms with Gasteiger partial charge in [0.15, 0.2) is 5.76 Å². The molecule has 0 saturated carbocycles. The van der Waals surface area contributed by atoms with Crippen LogP contribution in [-0.2, 0) is 0 Å². The zero-order chi connectivity index (χ0) is 9.26. The van der Waals surface area contributed by atoms with Gasteiger partial charge in [0.1, 0.15) is 5.69 Å². The fourth-order valence-electron chi connectivity index (χ4n) is 0.973. The average molecular weight is 303 g/mol. The first-order valence-electron chi connectivity index (χ1n) is 3.62. The van der Waals surface area contributed by atoms with Crippen molar-refractivity contribution in [3.8, 4) is 11.5 Å². The number of aromatic nitrogens is 1. The first kappa shape index (κ1) is 8.97. The largest absolute Gasteiger partial charge is 0.463 e. The summed E-state index contributed by atoms with van der Waals surface area (Å²) in [5.41, 5.74) is 0.820. The molecule has 0 saturated heterocycles. The Hall–Kier alpha value is -0.610. The minimum absolute atomic E-state index is 0.771. The number of nitrogens with zero attached hydrogens (tertiary/aromatic N) is 1. The molecule has 2 aromatic rings. The topological polar surface area (TPSA) is 26.0 Å². The predicted octanol–water partition coefficient (Wildman–Crippen LogP) is 3.87. The van der Waals surface area contributed by atoms with Crippen LogP contribution in [0.4, 0.5) is 0 Å². The van der Waals surface area contributed by atoms with Gasteiger partial charge < -0.3 is 4.42 Å². The molecule has 0 aliphatic heterocycles. The third-order valence-electron chi connectivity index (χ3n) is 1.58. The standard InChI is InChI=1S/C9H5Br2NO/c10-6-4-8(12-5-7(6)11)9-2-1-3-13-9/h1-5H. The molecule has 0 bridgehead atoms. The van der Waals surface area contributed by atoms with Crippen LogP contribution in [0.1, 0.15) is 0 Å². The Morgan fingerprint density at radius 2 is 2.08 bits per heavy atom. The molecule has 0 spiro atoms. The fraction of sp³-hybridized carbons (Fsp3) is 0. The van der Waals surface area contributed by atoms with Gasteiger partial charge in [-0.1, -0.05) is 0 Å². The van der Waals surface area contributed by atoms with E-state index in [1.807, 2.05) is 18.2 Å². The molecule has 13 heavy (non-hydrogen) atoms. The lowest BCUT2D eigenvalue weighted by molar-refractivity contribution is 0.580. The van der Waals surface area contributed by atoms with E-state index in [9.17, 15) is 0 Å². The minimum atomic E-state index is 0.771. The van der Waals surface area contributed by atoms with Crippen LogP contribution in [0.3, 0.4) is 0 Å². The summed E-state index contributed by atoms with van der Waals surface area (Å²) in [5, 5.41) is 0. The molecule has 0 N–H and O–H groups in total. The lowest BCUT2D eigenvalue weighted by Crippen LogP contribution is -1.81. The molecule has 0 radical (unpaired) electrons. The number of hydrogen-bond donors (Lipinski definition) is 0. The number of pyridine rings is 1. The van der Waals surface area contributed by atoms with Gasteiger partial charge in [-0.2, -0.15) is 0 Å². The van der Waals surface area contributed by atoms with Crippen LogP contribution in [0, 0.1) is 0 Å². The van der Waals surface area contributed by atoms with E-state index in [-0.39, 0.29) is 0 Å². The van der Waals surface area contributed by atoms with Crippen molar-refractivity contribution in [2.24, 2.45) is 0 Å². The van der Waals surface area contributed by atoms with Gasteiger partial charge in [0.2, 0.25) is 0 Å². The monoisotopic (exact) mass is 301 g/mol. The maximum Gasteiger partial charge on any atom is 0.152 e. The fourth-order valence-corrected chi connectivity index (χ4v) is 1.51. The molecular weight excluding hydrogens is 298 g/mol. The summed E-state index contributed by atoms with van der Waals surface area (Å²) < 4.78 is 7.12. The number of furan rings is 1. The lowest BCUT2D eigenvalue weighted by atomic mass is 10.3. The van der Waals surface area contributed by atoms with Gasteiger partial charge in [-0.05, 0) is 50.1 Å². The van der Waals surface area contributed by atoms with Crippen molar-refractivity contribution in [3.63, 3.8) is 0 Å². The highest BCUT2D eigenvalue weighted by atomic mass is 79.9. The molecule has 0 atom stereocenters. The van der Waals surface area contributed by atoms with Gasteiger partial charge in [-0.15, -0.1) is 0 Å². The molecule has 4 heteroatoms. The second-order valence-corrected chi connectivity index (χ2v) is 4.17. The van der Waals surface area contributed by atoms with E-state index in [0.717, 1.165) is 20.4 Å². The third-order valence-corrected chi connectivity index (χ3v) is 3.40. The van der Waals surface area contributed by atoms with Crippen LogP contribution in [0.5, 0.6) is 0 Å². The minimum Gasteiger partial charge on any atom is -0.463 e. The first-order chi connectivity index (χ1) is 6.27. The molecule has 0 aliphatic carbocycles. The van der Waals surface area contributed by atoms with Gasteiger partial charge in [-0.3, -0.25) is 4.98 Å². The van der Waals surface area contributed by atoms with Crippen LogP contribution in [0.15, 0.2) is 44.0 Å². The first-order valence-corrected chi connectivity index (χ1v) is 5.21. The molecule has 2 rings (SSSR count). The summed E-state index contributed by atoms with van der Waals surface area (Å²) >= 11 is 6.76. The van der Waals surface area contributed by atoms with Crippen LogP contribution in [0.2, 0.25) is 0 Å². The summed E-state index contributed by atoms with van der Waals surface area (Å²) in [6.45, 7) is 0. The molecule has 2 aromatic heterocycles. The van der Waals surface area contributed by atoms with Crippen molar-refractivity contribution in [2.75, 3.05) is 0 Å². The van der Waals surface area contributed by atoms with Crippen molar-refractivity contribution < 1.29 is 4.42 Å². The smallest absolute Gasteiger partial charge is 0.152 e. The lowest BCUT2D eigenvalue weighted by Gasteiger charge is -1.98. The van der Waals surface area contributed by atoms with Crippen LogP contribution < -0.4 is 0 Å². The zero-order valence-electron chi connectivity index (χ0n) is 6.50. The van der Waals surface area contributed by atoms with Gasteiger partial charge >= 0.3 is 0 Å². The molecule has 0 fully saturated rings. The highest BCUT2D eigenvalue weighted by molar-refractivity contribution is 9.13. The van der Waals surface area contributed by atoms with Crippen molar-refractivity contribution in [1.82, 2.24) is 4.98 Å². The summed E-state index contributed by atoms with van der Waals surface area (Å²) in [6, 6.07) is 5.62. The second-order valence-electron chi connectivity index (χ2n) is 2.46. The van der Waals surface area contributed by atoms with E-state index in [0.29, 0.717) is 0 Å². The predicted molar refractivity (Wildman–Crippen MR) is 57.3 cm³/mol. The molecule has 2 heterocycles. The zero-order valence-corrected chi connectivity index (χ0v) is 9.67. The summed E-state index contributed by atoms with van der Waals surface area (Å²) in [4.78, 5) is 4.21. The molecule has 0 aliphatic rings. The van der Waals surface area contributed by atoms with Crippen molar-refractivity contribution in [3.05, 3.63) is 39.6 Å². The Labute approximate surface area is 92.2 Å². The summed E-state index contributed by atoms with van der Waals surface area (Å²) in [7, 11) is 0. The van der Waals surface area contributed by atoms with Crippen molar-refractivity contribution >= 4 is 31.9 Å². The Balaban J connectivity index is 2.49. The summed E-state index contributed by atoms with van der Waals surface area (Å²) in [5.74, 6) is 0.771. The molecule has 0 unspecified atom stereocenters. The van der Waals surface area contributed by atoms with Crippen LogP contribution in [0.25, 0.3) is 11.5 Å². The maximum absolute atomic E-state index is 5.22. The third kappa shape index (κ3) is 1.84. The van der Waals surface area contributed by atoms with E-state index >= 15 is 0 Å². The van der Waals surface area contributed by atoms with E-state index in [1.165, 1.54) is 0 Å². The van der Waals surface area contributed by atoms with Crippen LogP contribution >= 0.6 is 31.9 Å². The number of rotatable bonds is 1. The molecular formula is C9H5Br2NO. The molecule has 0 amide bonds. The quantitative estimate of drug-likeness (QED) is 0.799. The number of halogens is 2. The highest BCUT2D eigenvalue weighted by Crippen LogP contribution is 2.26. The maximum atomic E-state index is 5.22. The second kappa shape index (κ2) is 3.64. The van der Waals surface area contributed by atoms with Gasteiger partial charge in [-0.25, -0.2) is 0 Å². The SMILES string of the molecule is Brc1cnc(-c2ccco2)cc1Br. The highest BCUT2D eigenvalue weighted by Gasteiger charge is 2.04. The van der Waals surface area contributed by atoms with E-state index in [2.05, 4.69) is 36.8 Å². The normalized spacial score (nSPS) is 10.3. The van der Waals surface area contributed by atoms with Gasteiger partial charge in [0, 0.05) is 10.7 Å². The van der Waals surface area contributed by atoms with Crippen LogP contribution in [-0.4, -0.2) is 4.98 Å². The molecule has 66 valence electrons. The molecule has 0 aromatic carbocycles. The van der Waals surface area contributed by atoms with E-state index in [1.54, 1.807) is 12.5 Å². The Morgan fingerprint density at radius 1 is 1.23 bits per heavy atom. The molecule has 2 nitrogen and oxygen atoms in total. The van der Waals surface area contributed by atoms with Gasteiger partial charge in [0.05, 0.1) is 10.7 Å². The summed E-state index contributed by atoms with van der Waals surface area (Å²) in [6.07, 6.45) is 3.37. The van der Waals surface area contributed by atoms with Crippen molar-refractivity contribution in [1.29, 1.82) is 0 Å². The van der Waals surface area contributed by atoms with E-state index in [4.69, 9.17) is 4.42 Å². The number of hydrogen-bond acceptors (Lipinski definition) is 2. The van der Waals surface area contributed by atoms with E-state index < -0.39 is 0 Å². The Kier molecular flexibility index (Phi) is 2.51. The Morgan fingerprint density at radius 3 is 2.69 bits per heavy atom. The van der Waals surface area contributed by atoms with Gasteiger partial charge in [0.25, 0.3) is 0 Å².